The van der Waals surface area contributed by atoms with Gasteiger partial charge in [-0.2, -0.15) is 0 Å². The Morgan fingerprint density at radius 2 is 1.79 bits per heavy atom. The van der Waals surface area contributed by atoms with Crippen LogP contribution in [0.2, 0.25) is 0 Å². The number of hydrogen-bond donors (Lipinski definition) is 1. The molecule has 0 amide bonds. The Morgan fingerprint density at radius 1 is 1.21 bits per heavy atom. The lowest BCUT2D eigenvalue weighted by molar-refractivity contribution is -0.143. The van der Waals surface area contributed by atoms with Crippen LogP contribution in [0.3, 0.4) is 0 Å². The molecule has 0 aliphatic heterocycles. The molecule has 76 valence electrons. The molecular formula is C8H4F4O2. The van der Waals surface area contributed by atoms with Gasteiger partial charge in [0.1, 0.15) is 0 Å². The van der Waals surface area contributed by atoms with Gasteiger partial charge in [-0.25, -0.2) is 22.4 Å². The zero-order valence-corrected chi connectivity index (χ0v) is 6.60. The van der Waals surface area contributed by atoms with E-state index < -0.39 is 35.2 Å². The Hall–Kier alpha value is -1.59. The molecular weight excluding hydrogens is 204 g/mol. The molecule has 14 heavy (non-hydrogen) atoms. The first-order valence-corrected chi connectivity index (χ1v) is 3.45. The molecule has 6 heteroatoms. The van der Waals surface area contributed by atoms with Crippen LogP contribution >= 0.6 is 0 Å². The third-order valence-electron chi connectivity index (χ3n) is 1.55. The molecule has 1 rings (SSSR count). The van der Waals surface area contributed by atoms with Crippen LogP contribution in [0.1, 0.15) is 11.7 Å². The summed E-state index contributed by atoms with van der Waals surface area (Å²) in [5.41, 5.74) is -1.03. The van der Waals surface area contributed by atoms with E-state index in [1.165, 1.54) is 0 Å². The molecule has 0 heterocycles. The Bertz CT molecular complexity index is 378. The maximum atomic E-state index is 12.8. The molecule has 0 fully saturated rings. The van der Waals surface area contributed by atoms with Crippen LogP contribution in [0, 0.1) is 17.5 Å². The molecule has 0 saturated heterocycles. The van der Waals surface area contributed by atoms with Crippen molar-refractivity contribution in [2.45, 2.75) is 6.17 Å². The van der Waals surface area contributed by atoms with Crippen molar-refractivity contribution in [1.29, 1.82) is 0 Å². The zero-order chi connectivity index (χ0) is 10.9. The van der Waals surface area contributed by atoms with Gasteiger partial charge in [0, 0.05) is 5.56 Å². The standard InChI is InChI=1S/C8H4F4O2/c9-4-2-1-3(5(10)7(4)12)6(11)8(13)14/h1-2,6H,(H,13,14). The number of aliphatic carboxylic acids is 1. The van der Waals surface area contributed by atoms with Gasteiger partial charge < -0.3 is 5.11 Å². The second-order valence-electron chi connectivity index (χ2n) is 2.47. The molecule has 1 aromatic rings. The minimum Gasteiger partial charge on any atom is -0.479 e. The largest absolute Gasteiger partial charge is 0.479 e. The fourth-order valence-electron chi connectivity index (χ4n) is 0.870. The van der Waals surface area contributed by atoms with Crippen LogP contribution in [0.5, 0.6) is 0 Å². The van der Waals surface area contributed by atoms with Crippen LogP contribution < -0.4 is 0 Å². The zero-order valence-electron chi connectivity index (χ0n) is 6.60. The highest BCUT2D eigenvalue weighted by atomic mass is 19.2. The lowest BCUT2D eigenvalue weighted by Gasteiger charge is -2.05. The number of benzene rings is 1. The third-order valence-corrected chi connectivity index (χ3v) is 1.55. The summed E-state index contributed by atoms with van der Waals surface area (Å²) in [6.45, 7) is 0. The average molecular weight is 208 g/mol. The monoisotopic (exact) mass is 208 g/mol. The van der Waals surface area contributed by atoms with E-state index in [0.717, 1.165) is 0 Å². The van der Waals surface area contributed by atoms with E-state index in [1.807, 2.05) is 0 Å². The van der Waals surface area contributed by atoms with E-state index >= 15 is 0 Å². The van der Waals surface area contributed by atoms with Crippen molar-refractivity contribution in [3.05, 3.63) is 35.1 Å². The number of carboxylic acids is 1. The summed E-state index contributed by atoms with van der Waals surface area (Å²) < 4.78 is 50.3. The number of carbonyl (C=O) groups is 1. The number of alkyl halides is 1. The molecule has 1 atom stereocenters. The molecule has 0 aromatic heterocycles. The Balaban J connectivity index is 3.24. The minimum absolute atomic E-state index is 0.462. The lowest BCUT2D eigenvalue weighted by atomic mass is 10.1. The second-order valence-corrected chi connectivity index (χ2v) is 2.47. The summed E-state index contributed by atoms with van der Waals surface area (Å²) in [5.74, 6) is -7.16. The van der Waals surface area contributed by atoms with Crippen molar-refractivity contribution in [2.75, 3.05) is 0 Å². The van der Waals surface area contributed by atoms with Crippen LogP contribution in [0.4, 0.5) is 17.6 Å². The van der Waals surface area contributed by atoms with Crippen molar-refractivity contribution in [3.8, 4) is 0 Å². The molecule has 0 aliphatic rings. The van der Waals surface area contributed by atoms with Crippen LogP contribution in [0.15, 0.2) is 12.1 Å². The molecule has 0 bridgehead atoms. The highest BCUT2D eigenvalue weighted by molar-refractivity contribution is 5.74. The average Bonchev–Trinajstić information content (AvgIpc) is 2.13. The number of halogens is 4. The Kier molecular flexibility index (Phi) is 2.73. The van der Waals surface area contributed by atoms with Crippen molar-refractivity contribution >= 4 is 5.97 Å². The van der Waals surface area contributed by atoms with Crippen LogP contribution in [0.25, 0.3) is 0 Å². The van der Waals surface area contributed by atoms with Gasteiger partial charge in [0.25, 0.3) is 0 Å². The number of rotatable bonds is 2. The number of hydrogen-bond acceptors (Lipinski definition) is 1. The van der Waals surface area contributed by atoms with Crippen molar-refractivity contribution in [3.63, 3.8) is 0 Å². The Morgan fingerprint density at radius 3 is 2.29 bits per heavy atom. The smallest absolute Gasteiger partial charge is 0.343 e. The first-order chi connectivity index (χ1) is 6.45. The first kappa shape index (κ1) is 10.5. The maximum Gasteiger partial charge on any atom is 0.343 e. The van der Waals surface area contributed by atoms with Gasteiger partial charge in [-0.15, -0.1) is 0 Å². The van der Waals surface area contributed by atoms with Gasteiger partial charge >= 0.3 is 5.97 Å². The Labute approximate surface area is 75.8 Å². The van der Waals surface area contributed by atoms with E-state index in [2.05, 4.69) is 0 Å². The molecule has 0 saturated carbocycles. The fraction of sp³-hybridized carbons (Fsp3) is 0.125. The second kappa shape index (κ2) is 3.65. The van der Waals surface area contributed by atoms with Crippen molar-refractivity contribution in [1.82, 2.24) is 0 Å². The maximum absolute atomic E-state index is 12.8. The summed E-state index contributed by atoms with van der Waals surface area (Å²) >= 11 is 0. The summed E-state index contributed by atoms with van der Waals surface area (Å²) in [6.07, 6.45) is -2.70. The van der Waals surface area contributed by atoms with E-state index in [1.54, 1.807) is 0 Å². The minimum atomic E-state index is -2.70. The van der Waals surface area contributed by atoms with Crippen LogP contribution in [-0.2, 0) is 4.79 Å². The van der Waals surface area contributed by atoms with Crippen LogP contribution in [-0.4, -0.2) is 11.1 Å². The van der Waals surface area contributed by atoms with E-state index in [0.29, 0.717) is 12.1 Å². The summed E-state index contributed by atoms with van der Waals surface area (Å²) in [4.78, 5) is 10.1. The highest BCUT2D eigenvalue weighted by Crippen LogP contribution is 2.24. The molecule has 1 N–H and O–H groups in total. The summed E-state index contributed by atoms with van der Waals surface area (Å²) in [5, 5.41) is 8.16. The van der Waals surface area contributed by atoms with Gasteiger partial charge in [0.2, 0.25) is 6.17 Å². The third kappa shape index (κ3) is 1.68. The number of carboxylic acid groups (broad SMARTS) is 1. The fourth-order valence-corrected chi connectivity index (χ4v) is 0.870. The summed E-state index contributed by atoms with van der Waals surface area (Å²) in [6, 6.07) is 1.01. The van der Waals surface area contributed by atoms with E-state index in [-0.39, 0.29) is 0 Å². The van der Waals surface area contributed by atoms with Gasteiger partial charge in [-0.1, -0.05) is 0 Å². The molecule has 1 unspecified atom stereocenters. The molecule has 0 aliphatic carbocycles. The van der Waals surface area contributed by atoms with E-state index in [9.17, 15) is 22.4 Å². The van der Waals surface area contributed by atoms with Gasteiger partial charge in [-0.3, -0.25) is 0 Å². The molecule has 0 radical (unpaired) electrons. The quantitative estimate of drug-likeness (QED) is 0.597. The highest BCUT2D eigenvalue weighted by Gasteiger charge is 2.25. The van der Waals surface area contributed by atoms with Gasteiger partial charge in [0.05, 0.1) is 0 Å². The van der Waals surface area contributed by atoms with Gasteiger partial charge in [-0.05, 0) is 12.1 Å². The lowest BCUT2D eigenvalue weighted by Crippen LogP contribution is -2.09. The van der Waals surface area contributed by atoms with E-state index in [4.69, 9.17) is 5.11 Å². The van der Waals surface area contributed by atoms with Gasteiger partial charge in [0.15, 0.2) is 17.5 Å². The predicted molar refractivity (Wildman–Crippen MR) is 37.8 cm³/mol. The molecule has 0 spiro atoms. The molecule has 2 nitrogen and oxygen atoms in total. The SMILES string of the molecule is O=C(O)C(F)c1ccc(F)c(F)c1F. The van der Waals surface area contributed by atoms with Crippen molar-refractivity contribution < 1.29 is 27.5 Å². The summed E-state index contributed by atoms with van der Waals surface area (Å²) in [7, 11) is 0. The first-order valence-electron chi connectivity index (χ1n) is 3.45. The predicted octanol–water partition coefficient (Wildman–Crippen LogP) is 2.20. The van der Waals surface area contributed by atoms with Crippen molar-refractivity contribution in [2.24, 2.45) is 0 Å². The normalized spacial score (nSPS) is 12.6. The topological polar surface area (TPSA) is 37.3 Å². The molecule has 1 aromatic carbocycles.